The van der Waals surface area contributed by atoms with E-state index in [9.17, 15) is 9.59 Å². The Hall–Kier alpha value is -0.970. The van der Waals surface area contributed by atoms with Gasteiger partial charge in [-0.2, -0.15) is 0 Å². The largest absolute Gasteiger partial charge is 0.350 e. The van der Waals surface area contributed by atoms with Crippen molar-refractivity contribution in [3.8, 4) is 0 Å². The molecule has 16 heavy (non-hydrogen) atoms. The van der Waals surface area contributed by atoms with Crippen LogP contribution in [0.3, 0.4) is 0 Å². The molecule has 0 bridgehead atoms. The number of thioether (sulfide) groups is 1. The van der Waals surface area contributed by atoms with Gasteiger partial charge in [-0.1, -0.05) is 11.8 Å². The van der Waals surface area contributed by atoms with Gasteiger partial charge in [0.15, 0.2) is 0 Å². The van der Waals surface area contributed by atoms with Crippen molar-refractivity contribution in [2.24, 2.45) is 0 Å². The van der Waals surface area contributed by atoms with Crippen LogP contribution in [-0.4, -0.2) is 34.6 Å². The Morgan fingerprint density at radius 2 is 2.06 bits per heavy atom. The Bertz CT molecular complexity index is 324. The molecule has 1 heterocycles. The first-order chi connectivity index (χ1) is 7.41. The fraction of sp³-hybridized carbons (Fsp3) is 0.636. The molecule has 5 heteroatoms. The highest BCUT2D eigenvalue weighted by Crippen LogP contribution is 2.30. The van der Waals surface area contributed by atoms with Crippen molar-refractivity contribution < 1.29 is 9.59 Å². The molecule has 1 fully saturated rings. The van der Waals surface area contributed by atoms with Crippen LogP contribution in [0, 0.1) is 0 Å². The number of carbonyl (C=O) groups excluding carboxylic acids is 2. The summed E-state index contributed by atoms with van der Waals surface area (Å²) in [5.41, 5.74) is 0. The molecule has 1 saturated heterocycles. The lowest BCUT2D eigenvalue weighted by Gasteiger charge is -2.21. The Morgan fingerprint density at radius 1 is 1.44 bits per heavy atom. The highest BCUT2D eigenvalue weighted by molar-refractivity contribution is 8.04. The molecule has 1 aliphatic rings. The summed E-state index contributed by atoms with van der Waals surface area (Å²) in [6.45, 7) is 7.70. The third kappa shape index (κ3) is 3.27. The lowest BCUT2D eigenvalue weighted by Crippen LogP contribution is -2.33. The van der Waals surface area contributed by atoms with Gasteiger partial charge in [0.25, 0.3) is 0 Å². The van der Waals surface area contributed by atoms with Crippen molar-refractivity contribution in [1.29, 1.82) is 0 Å². The van der Waals surface area contributed by atoms with Crippen LogP contribution in [-0.2, 0) is 9.59 Å². The smallest absolute Gasteiger partial charge is 0.246 e. The first-order valence-electron chi connectivity index (χ1n) is 5.39. The van der Waals surface area contributed by atoms with Crippen molar-refractivity contribution in [2.75, 3.05) is 5.75 Å². The van der Waals surface area contributed by atoms with Gasteiger partial charge in [-0.3, -0.25) is 9.59 Å². The fourth-order valence-electron chi connectivity index (χ4n) is 1.49. The summed E-state index contributed by atoms with van der Waals surface area (Å²) in [6.07, 6.45) is 1.51. The highest BCUT2D eigenvalue weighted by Gasteiger charge is 2.29. The van der Waals surface area contributed by atoms with E-state index in [1.807, 2.05) is 27.7 Å². The van der Waals surface area contributed by atoms with Crippen LogP contribution in [0.1, 0.15) is 27.7 Å². The number of nitrogens with zero attached hydrogens (tertiary/aromatic N) is 1. The van der Waals surface area contributed by atoms with Crippen LogP contribution in [0.15, 0.2) is 11.1 Å². The summed E-state index contributed by atoms with van der Waals surface area (Å²) in [6, 6.07) is 0.208. The maximum absolute atomic E-state index is 11.6. The molecular weight excluding hydrogens is 224 g/mol. The molecule has 0 radical (unpaired) electrons. The predicted molar refractivity (Wildman–Crippen MR) is 65.8 cm³/mol. The molecule has 1 rings (SSSR count). The van der Waals surface area contributed by atoms with Gasteiger partial charge in [-0.05, 0) is 27.7 Å². The van der Waals surface area contributed by atoms with Crippen molar-refractivity contribution in [2.45, 2.75) is 39.8 Å². The third-order valence-corrected chi connectivity index (χ3v) is 3.05. The van der Waals surface area contributed by atoms with Gasteiger partial charge in [-0.25, -0.2) is 0 Å². The second-order valence-corrected chi connectivity index (χ2v) is 5.29. The van der Waals surface area contributed by atoms with E-state index in [0.29, 0.717) is 5.75 Å². The summed E-state index contributed by atoms with van der Waals surface area (Å²) < 4.78 is 0. The monoisotopic (exact) mass is 242 g/mol. The summed E-state index contributed by atoms with van der Waals surface area (Å²) in [7, 11) is 0. The van der Waals surface area contributed by atoms with Crippen LogP contribution >= 0.6 is 11.8 Å². The Labute approximate surface area is 100 Å². The van der Waals surface area contributed by atoms with E-state index in [0.717, 1.165) is 5.03 Å². The summed E-state index contributed by atoms with van der Waals surface area (Å²) in [5.74, 6) is 0.361. The zero-order valence-electron chi connectivity index (χ0n) is 10.1. The first-order valence-corrected chi connectivity index (χ1v) is 6.37. The minimum Gasteiger partial charge on any atom is -0.350 e. The van der Waals surface area contributed by atoms with E-state index in [4.69, 9.17) is 0 Å². The zero-order valence-corrected chi connectivity index (χ0v) is 10.9. The Kier molecular flexibility index (Phi) is 4.41. The molecule has 0 aliphatic carbocycles. The molecule has 0 unspecified atom stereocenters. The van der Waals surface area contributed by atoms with E-state index in [1.165, 1.54) is 17.8 Å². The molecule has 0 aromatic carbocycles. The molecule has 1 aliphatic heterocycles. The topological polar surface area (TPSA) is 49.4 Å². The standard InChI is InChI=1S/C11H18N2O2S/c1-7(2)12-9(14)5-11-13(8(3)4)10(15)6-16-11/h5,7-8H,6H2,1-4H3,(H,12,14)/b11-5-. The van der Waals surface area contributed by atoms with Crippen LogP contribution in [0.5, 0.6) is 0 Å². The van der Waals surface area contributed by atoms with Gasteiger partial charge in [-0.15, -0.1) is 0 Å². The molecule has 1 N–H and O–H groups in total. The van der Waals surface area contributed by atoms with Crippen molar-refractivity contribution >= 4 is 23.6 Å². The SMILES string of the molecule is CC(C)NC(=O)/C=C1\SCC(=O)N1C(C)C. The quantitative estimate of drug-likeness (QED) is 0.760. The lowest BCUT2D eigenvalue weighted by molar-refractivity contribution is -0.126. The Morgan fingerprint density at radius 3 is 2.56 bits per heavy atom. The summed E-state index contributed by atoms with van der Waals surface area (Å²) >= 11 is 1.42. The average Bonchev–Trinajstić information content (AvgIpc) is 2.45. The van der Waals surface area contributed by atoms with Crippen LogP contribution in [0.4, 0.5) is 0 Å². The second-order valence-electron chi connectivity index (χ2n) is 4.29. The number of hydrogen-bond donors (Lipinski definition) is 1. The fourth-order valence-corrected chi connectivity index (χ4v) is 2.54. The maximum atomic E-state index is 11.6. The number of carbonyl (C=O) groups is 2. The van der Waals surface area contributed by atoms with E-state index in [2.05, 4.69) is 5.32 Å². The Balaban J connectivity index is 2.75. The molecule has 0 aromatic rings. The van der Waals surface area contributed by atoms with Crippen LogP contribution in [0.2, 0.25) is 0 Å². The van der Waals surface area contributed by atoms with Gasteiger partial charge < -0.3 is 10.2 Å². The second kappa shape index (κ2) is 5.39. The number of hydrogen-bond acceptors (Lipinski definition) is 3. The molecule has 2 amide bonds. The van der Waals surface area contributed by atoms with Crippen molar-refractivity contribution in [1.82, 2.24) is 10.2 Å². The van der Waals surface area contributed by atoms with E-state index >= 15 is 0 Å². The van der Waals surface area contributed by atoms with Gasteiger partial charge >= 0.3 is 0 Å². The lowest BCUT2D eigenvalue weighted by atomic mass is 10.3. The number of rotatable bonds is 3. The average molecular weight is 242 g/mol. The number of nitrogens with one attached hydrogen (secondary N) is 1. The molecule has 0 aromatic heterocycles. The van der Waals surface area contributed by atoms with E-state index in [-0.39, 0.29) is 23.9 Å². The predicted octanol–water partition coefficient (Wildman–Crippen LogP) is 1.34. The molecular formula is C11H18N2O2S. The van der Waals surface area contributed by atoms with Gasteiger partial charge in [0.05, 0.1) is 10.8 Å². The maximum Gasteiger partial charge on any atom is 0.246 e. The molecule has 90 valence electrons. The molecule has 0 saturated carbocycles. The molecule has 0 atom stereocenters. The highest BCUT2D eigenvalue weighted by atomic mass is 32.2. The summed E-state index contributed by atoms with van der Waals surface area (Å²) in [5, 5.41) is 3.53. The van der Waals surface area contributed by atoms with E-state index < -0.39 is 0 Å². The minimum atomic E-state index is -0.141. The van der Waals surface area contributed by atoms with Gasteiger partial charge in [0.1, 0.15) is 0 Å². The van der Waals surface area contributed by atoms with Crippen molar-refractivity contribution in [3.05, 3.63) is 11.1 Å². The van der Waals surface area contributed by atoms with Crippen LogP contribution in [0.25, 0.3) is 0 Å². The number of amides is 2. The molecule has 4 nitrogen and oxygen atoms in total. The summed E-state index contributed by atoms with van der Waals surface area (Å²) in [4.78, 5) is 24.8. The minimum absolute atomic E-state index is 0.0728. The first kappa shape index (κ1) is 13.1. The zero-order chi connectivity index (χ0) is 12.3. The normalized spacial score (nSPS) is 19.0. The van der Waals surface area contributed by atoms with Crippen LogP contribution < -0.4 is 5.32 Å². The van der Waals surface area contributed by atoms with E-state index in [1.54, 1.807) is 4.90 Å². The van der Waals surface area contributed by atoms with Gasteiger partial charge in [0.2, 0.25) is 11.8 Å². The molecule has 0 spiro atoms. The van der Waals surface area contributed by atoms with Gasteiger partial charge in [0, 0.05) is 18.2 Å². The third-order valence-electron chi connectivity index (χ3n) is 2.05. The van der Waals surface area contributed by atoms with Crippen molar-refractivity contribution in [3.63, 3.8) is 0 Å².